The minimum absolute atomic E-state index is 0.490. The van der Waals surface area contributed by atoms with Crippen LogP contribution in [0.2, 0.25) is 0 Å². The van der Waals surface area contributed by atoms with E-state index in [1.807, 2.05) is 42.8 Å². The van der Waals surface area contributed by atoms with Crippen molar-refractivity contribution >= 4 is 11.3 Å². The van der Waals surface area contributed by atoms with Crippen molar-refractivity contribution in [3.63, 3.8) is 0 Å². The lowest BCUT2D eigenvalue weighted by atomic mass is 10.1. The molecule has 0 spiro atoms. The van der Waals surface area contributed by atoms with Crippen LogP contribution in [-0.2, 0) is 6.54 Å². The van der Waals surface area contributed by atoms with Crippen LogP contribution in [-0.4, -0.2) is 26.6 Å². The molecule has 3 aromatic rings. The minimum Gasteiger partial charge on any atom is -0.489 e. The summed E-state index contributed by atoms with van der Waals surface area (Å²) in [4.78, 5) is 4.26. The fraction of sp³-hybridized carbons (Fsp3) is 0.188. The molecule has 0 N–H and O–H groups in total. The predicted octanol–water partition coefficient (Wildman–Crippen LogP) is 3.40. The summed E-state index contributed by atoms with van der Waals surface area (Å²) in [5, 5.41) is 11.4. The van der Waals surface area contributed by atoms with E-state index in [1.54, 1.807) is 22.2 Å². The Kier molecular flexibility index (Phi) is 4.29. The van der Waals surface area contributed by atoms with Crippen molar-refractivity contribution in [1.29, 1.82) is 0 Å². The van der Waals surface area contributed by atoms with E-state index in [1.165, 1.54) is 0 Å². The molecule has 2 aromatic heterocycles. The molecule has 0 aliphatic rings. The Morgan fingerprint density at radius 2 is 2.23 bits per heavy atom. The number of ether oxygens (including phenoxy) is 1. The van der Waals surface area contributed by atoms with Gasteiger partial charge in [0.25, 0.3) is 0 Å². The van der Waals surface area contributed by atoms with Crippen LogP contribution in [0.5, 0.6) is 5.75 Å². The summed E-state index contributed by atoms with van der Waals surface area (Å²) in [5.74, 6) is 0.784. The van der Waals surface area contributed by atoms with Crippen LogP contribution < -0.4 is 4.74 Å². The zero-order valence-corrected chi connectivity index (χ0v) is 13.1. The molecule has 3 rings (SSSR count). The average molecular weight is 312 g/mol. The molecular weight excluding hydrogens is 296 g/mol. The van der Waals surface area contributed by atoms with E-state index in [0.29, 0.717) is 13.2 Å². The van der Waals surface area contributed by atoms with Crippen LogP contribution in [0.25, 0.3) is 11.3 Å². The highest BCUT2D eigenvalue weighted by Crippen LogP contribution is 2.28. The third-order valence-electron chi connectivity index (χ3n) is 2.96. The van der Waals surface area contributed by atoms with Gasteiger partial charge in [-0.25, -0.2) is 9.67 Å². The van der Waals surface area contributed by atoms with Crippen molar-refractivity contribution < 1.29 is 4.74 Å². The number of hydrogen-bond donors (Lipinski definition) is 0. The van der Waals surface area contributed by atoms with Gasteiger partial charge >= 0.3 is 0 Å². The third-order valence-corrected chi connectivity index (χ3v) is 3.72. The van der Waals surface area contributed by atoms with E-state index < -0.39 is 0 Å². The fourth-order valence-electron chi connectivity index (χ4n) is 1.97. The Balaban J connectivity index is 1.82. The van der Waals surface area contributed by atoms with Crippen LogP contribution in [0.3, 0.4) is 0 Å². The molecule has 5 nitrogen and oxygen atoms in total. The molecule has 0 atom stereocenters. The second-order valence-electron chi connectivity index (χ2n) is 4.97. The SMILES string of the molecule is C=C(C)COc1ccccc1-c1cn(Cc2nccs2)nn1. The summed E-state index contributed by atoms with van der Waals surface area (Å²) in [5.41, 5.74) is 2.69. The van der Waals surface area contributed by atoms with Crippen molar-refractivity contribution in [2.75, 3.05) is 6.61 Å². The molecule has 0 aliphatic heterocycles. The van der Waals surface area contributed by atoms with E-state index in [0.717, 1.165) is 27.6 Å². The number of hydrogen-bond acceptors (Lipinski definition) is 5. The number of nitrogens with zero attached hydrogens (tertiary/aromatic N) is 4. The summed E-state index contributed by atoms with van der Waals surface area (Å²) in [7, 11) is 0. The second kappa shape index (κ2) is 6.53. The van der Waals surface area contributed by atoms with Crippen LogP contribution in [0.15, 0.2) is 54.2 Å². The van der Waals surface area contributed by atoms with Crippen molar-refractivity contribution in [1.82, 2.24) is 20.0 Å². The van der Waals surface area contributed by atoms with Crippen molar-refractivity contribution in [3.05, 3.63) is 59.2 Å². The Bertz CT molecular complexity index is 764. The van der Waals surface area contributed by atoms with Crippen LogP contribution in [0, 0.1) is 0 Å². The number of benzene rings is 1. The Labute approximate surface area is 132 Å². The largest absolute Gasteiger partial charge is 0.489 e. The topological polar surface area (TPSA) is 52.8 Å². The molecule has 0 radical (unpaired) electrons. The third kappa shape index (κ3) is 3.40. The van der Waals surface area contributed by atoms with Gasteiger partial charge in [0.2, 0.25) is 0 Å². The standard InChI is InChI=1S/C16H16N4OS/c1-12(2)11-21-15-6-4-3-5-13(15)14-9-20(19-18-14)10-16-17-7-8-22-16/h3-9H,1,10-11H2,2H3. The maximum absolute atomic E-state index is 5.78. The molecule has 0 amide bonds. The lowest BCUT2D eigenvalue weighted by Crippen LogP contribution is -1.99. The lowest BCUT2D eigenvalue weighted by Gasteiger charge is -2.09. The maximum atomic E-state index is 5.78. The van der Waals surface area contributed by atoms with Crippen LogP contribution in [0.4, 0.5) is 0 Å². The molecular formula is C16H16N4OS. The highest BCUT2D eigenvalue weighted by atomic mass is 32.1. The zero-order chi connectivity index (χ0) is 15.4. The Morgan fingerprint density at radius 3 is 3.00 bits per heavy atom. The first-order valence-corrected chi connectivity index (χ1v) is 7.75. The van der Waals surface area contributed by atoms with Crippen LogP contribution >= 0.6 is 11.3 Å². The second-order valence-corrected chi connectivity index (χ2v) is 5.95. The quantitative estimate of drug-likeness (QED) is 0.655. The molecule has 0 aliphatic carbocycles. The van der Waals surface area contributed by atoms with Gasteiger partial charge in [0.1, 0.15) is 23.1 Å². The number of thiazole rings is 1. The highest BCUT2D eigenvalue weighted by Gasteiger charge is 2.10. The first kappa shape index (κ1) is 14.5. The average Bonchev–Trinajstić information content (AvgIpc) is 3.18. The zero-order valence-electron chi connectivity index (χ0n) is 12.3. The molecule has 6 heteroatoms. The van der Waals surface area contributed by atoms with Gasteiger partial charge in [-0.3, -0.25) is 0 Å². The molecule has 0 bridgehead atoms. The first-order chi connectivity index (χ1) is 10.7. The van der Waals surface area contributed by atoms with Gasteiger partial charge in [0.15, 0.2) is 0 Å². The van der Waals surface area contributed by atoms with Gasteiger partial charge in [-0.15, -0.1) is 16.4 Å². The summed E-state index contributed by atoms with van der Waals surface area (Å²) in [6.45, 7) is 6.91. The van der Waals surface area contributed by atoms with E-state index in [-0.39, 0.29) is 0 Å². The van der Waals surface area contributed by atoms with E-state index in [2.05, 4.69) is 21.9 Å². The molecule has 2 heterocycles. The summed E-state index contributed by atoms with van der Waals surface area (Å²) in [6, 6.07) is 7.81. The molecule has 0 fully saturated rings. The van der Waals surface area contributed by atoms with Gasteiger partial charge in [-0.2, -0.15) is 0 Å². The fourth-order valence-corrected chi connectivity index (χ4v) is 2.58. The maximum Gasteiger partial charge on any atom is 0.129 e. The molecule has 112 valence electrons. The first-order valence-electron chi connectivity index (χ1n) is 6.87. The predicted molar refractivity (Wildman–Crippen MR) is 87.0 cm³/mol. The lowest BCUT2D eigenvalue weighted by molar-refractivity contribution is 0.354. The molecule has 22 heavy (non-hydrogen) atoms. The minimum atomic E-state index is 0.490. The molecule has 0 saturated heterocycles. The van der Waals surface area contributed by atoms with Crippen molar-refractivity contribution in [2.24, 2.45) is 0 Å². The normalized spacial score (nSPS) is 10.6. The van der Waals surface area contributed by atoms with Gasteiger partial charge in [0, 0.05) is 17.1 Å². The number of para-hydroxylation sites is 1. The Hall–Kier alpha value is -2.47. The summed E-state index contributed by atoms with van der Waals surface area (Å²) in [6.07, 6.45) is 3.70. The van der Waals surface area contributed by atoms with E-state index >= 15 is 0 Å². The van der Waals surface area contributed by atoms with E-state index in [9.17, 15) is 0 Å². The van der Waals surface area contributed by atoms with Crippen molar-refractivity contribution in [2.45, 2.75) is 13.5 Å². The molecule has 0 unspecified atom stereocenters. The smallest absolute Gasteiger partial charge is 0.129 e. The summed E-state index contributed by atoms with van der Waals surface area (Å²) >= 11 is 1.60. The number of rotatable bonds is 6. The van der Waals surface area contributed by atoms with Crippen LogP contribution in [0.1, 0.15) is 11.9 Å². The molecule has 1 aromatic carbocycles. The van der Waals surface area contributed by atoms with Gasteiger partial charge < -0.3 is 4.74 Å². The summed E-state index contributed by atoms with van der Waals surface area (Å²) < 4.78 is 7.56. The van der Waals surface area contributed by atoms with E-state index in [4.69, 9.17) is 4.74 Å². The number of aromatic nitrogens is 4. The van der Waals surface area contributed by atoms with Gasteiger partial charge in [-0.1, -0.05) is 23.9 Å². The Morgan fingerprint density at radius 1 is 1.36 bits per heavy atom. The monoisotopic (exact) mass is 312 g/mol. The van der Waals surface area contributed by atoms with Gasteiger partial charge in [-0.05, 0) is 24.6 Å². The van der Waals surface area contributed by atoms with Crippen molar-refractivity contribution in [3.8, 4) is 17.0 Å². The highest BCUT2D eigenvalue weighted by molar-refractivity contribution is 7.09. The molecule has 0 saturated carbocycles. The van der Waals surface area contributed by atoms with Gasteiger partial charge in [0.05, 0.1) is 12.7 Å².